The summed E-state index contributed by atoms with van der Waals surface area (Å²) in [6.07, 6.45) is -1.95. The van der Waals surface area contributed by atoms with E-state index in [4.69, 9.17) is 13.8 Å². The van der Waals surface area contributed by atoms with Crippen LogP contribution in [0.1, 0.15) is 0 Å². The van der Waals surface area contributed by atoms with Crippen molar-refractivity contribution in [1.82, 2.24) is 4.90 Å². The van der Waals surface area contributed by atoms with Gasteiger partial charge in [-0.3, -0.25) is 14.0 Å². The average molecular weight is 305 g/mol. The van der Waals surface area contributed by atoms with E-state index in [1.165, 1.54) is 0 Å². The molecule has 0 amide bonds. The fraction of sp³-hybridized carbons (Fsp3) is 1.00. The Hall–Kier alpha value is -0.300. The zero-order chi connectivity index (χ0) is 14.0. The number of aliphatic hydroxyl groups excluding tert-OH is 1. The van der Waals surface area contributed by atoms with Crippen LogP contribution < -0.4 is 0 Å². The molecule has 11 heteroatoms. The molecule has 0 bridgehead atoms. The minimum absolute atomic E-state index is 0.312. The van der Waals surface area contributed by atoms with Crippen LogP contribution in [0.5, 0.6) is 0 Å². The summed E-state index contributed by atoms with van der Waals surface area (Å²) in [5.41, 5.74) is 0. The van der Waals surface area contributed by atoms with Crippen molar-refractivity contribution in [3.8, 4) is 0 Å². The highest BCUT2D eigenvalue weighted by atomic mass is 32.3. The van der Waals surface area contributed by atoms with Crippen molar-refractivity contribution in [3.05, 3.63) is 0 Å². The Kier molecular flexibility index (Phi) is 5.05. The summed E-state index contributed by atoms with van der Waals surface area (Å²) in [5, 5.41) is 9.57. The monoisotopic (exact) mass is 305 g/mol. The van der Waals surface area contributed by atoms with Crippen molar-refractivity contribution in [2.75, 3.05) is 32.8 Å². The Morgan fingerprint density at radius 1 is 1.06 bits per heavy atom. The van der Waals surface area contributed by atoms with E-state index in [-0.39, 0.29) is 6.54 Å². The Bertz CT molecular complexity index is 434. The molecule has 1 saturated heterocycles. The second-order valence-electron chi connectivity index (χ2n) is 3.88. The average Bonchev–Trinajstić information content (AvgIpc) is 2.13. The molecule has 0 saturated carbocycles. The second-order valence-corrected chi connectivity index (χ2v) is 7.25. The highest BCUT2D eigenvalue weighted by Crippen LogP contribution is 2.13. The van der Waals surface area contributed by atoms with E-state index in [1.54, 1.807) is 4.90 Å². The topological polar surface area (TPSA) is 141 Å². The van der Waals surface area contributed by atoms with Crippen LogP contribution in [0.15, 0.2) is 0 Å². The van der Waals surface area contributed by atoms with Gasteiger partial charge in [0.05, 0.1) is 13.2 Å². The fourth-order valence-electron chi connectivity index (χ4n) is 1.69. The number of nitrogens with zero attached hydrogens (tertiary/aromatic N) is 1. The predicted molar refractivity (Wildman–Crippen MR) is 60.2 cm³/mol. The van der Waals surface area contributed by atoms with E-state index in [1.807, 2.05) is 0 Å². The van der Waals surface area contributed by atoms with Crippen LogP contribution in [0.2, 0.25) is 0 Å². The molecule has 0 aromatic rings. The van der Waals surface area contributed by atoms with Gasteiger partial charge in [-0.1, -0.05) is 0 Å². The number of hydrogen-bond donors (Lipinski definition) is 3. The van der Waals surface area contributed by atoms with Gasteiger partial charge in [-0.15, -0.1) is 0 Å². The molecule has 0 aromatic carbocycles. The van der Waals surface area contributed by atoms with Crippen molar-refractivity contribution < 1.29 is 35.8 Å². The van der Waals surface area contributed by atoms with E-state index in [0.29, 0.717) is 26.3 Å². The number of aliphatic hydroxyl groups is 1. The van der Waals surface area contributed by atoms with Gasteiger partial charge in [0.1, 0.15) is 6.10 Å². The summed E-state index contributed by atoms with van der Waals surface area (Å²) in [7, 11) is -10.2. The smallest absolute Gasteiger partial charge is 0.287 e. The number of rotatable bonds is 5. The normalized spacial score (nSPS) is 21.1. The van der Waals surface area contributed by atoms with E-state index in [0.717, 1.165) is 0 Å². The minimum Gasteiger partial charge on any atom is -0.389 e. The number of ether oxygens (including phenoxy) is 1. The molecule has 0 spiro atoms. The third kappa shape index (κ3) is 4.42. The molecular formula is C7H15NO8S2. The van der Waals surface area contributed by atoms with E-state index >= 15 is 0 Å². The molecule has 18 heavy (non-hydrogen) atoms. The van der Waals surface area contributed by atoms with Crippen LogP contribution in [0.25, 0.3) is 0 Å². The quantitative estimate of drug-likeness (QED) is 0.481. The molecule has 1 fully saturated rings. The summed E-state index contributed by atoms with van der Waals surface area (Å²) < 4.78 is 63.3. The lowest BCUT2D eigenvalue weighted by Crippen LogP contribution is -2.49. The minimum atomic E-state index is -5.12. The van der Waals surface area contributed by atoms with Gasteiger partial charge in [-0.2, -0.15) is 16.8 Å². The zero-order valence-corrected chi connectivity index (χ0v) is 11.0. The Balaban J connectivity index is 2.80. The van der Waals surface area contributed by atoms with Crippen molar-refractivity contribution >= 4 is 20.2 Å². The van der Waals surface area contributed by atoms with Crippen LogP contribution >= 0.6 is 0 Å². The molecule has 9 nitrogen and oxygen atoms in total. The van der Waals surface area contributed by atoms with Gasteiger partial charge in [0.2, 0.25) is 4.58 Å². The molecule has 0 aromatic heterocycles. The summed E-state index contributed by atoms with van der Waals surface area (Å²) in [6.45, 7) is 1.21. The maximum Gasteiger partial charge on any atom is 0.287 e. The maximum absolute atomic E-state index is 10.9. The molecule has 0 radical (unpaired) electrons. The van der Waals surface area contributed by atoms with Gasteiger partial charge in [-0.05, 0) is 0 Å². The first-order chi connectivity index (χ1) is 8.12. The molecule has 108 valence electrons. The Labute approximate surface area is 105 Å². The number of hydrogen-bond acceptors (Lipinski definition) is 7. The zero-order valence-electron chi connectivity index (χ0n) is 9.34. The summed E-state index contributed by atoms with van der Waals surface area (Å²) in [5.74, 6) is 0. The predicted octanol–water partition coefficient (Wildman–Crippen LogP) is -2.22. The fourth-order valence-corrected chi connectivity index (χ4v) is 3.88. The van der Waals surface area contributed by atoms with Gasteiger partial charge in [0.25, 0.3) is 20.2 Å². The van der Waals surface area contributed by atoms with Gasteiger partial charge in [0, 0.05) is 19.6 Å². The van der Waals surface area contributed by atoms with Crippen LogP contribution in [0.4, 0.5) is 0 Å². The maximum atomic E-state index is 10.9. The lowest BCUT2D eigenvalue weighted by Gasteiger charge is -2.29. The highest BCUT2D eigenvalue weighted by molar-refractivity contribution is 8.04. The molecule has 1 rings (SSSR count). The van der Waals surface area contributed by atoms with Gasteiger partial charge >= 0.3 is 0 Å². The molecule has 1 atom stereocenters. The van der Waals surface area contributed by atoms with Crippen LogP contribution in [0.3, 0.4) is 0 Å². The molecular weight excluding hydrogens is 290 g/mol. The first-order valence-electron chi connectivity index (χ1n) is 5.03. The van der Waals surface area contributed by atoms with Gasteiger partial charge in [-0.25, -0.2) is 0 Å². The number of β-amino-alcohol motifs (C(OH)–C–C–N with tert-alkyl or cyclic N) is 1. The highest BCUT2D eigenvalue weighted by Gasteiger charge is 2.42. The lowest BCUT2D eigenvalue weighted by molar-refractivity contribution is 0.0166. The van der Waals surface area contributed by atoms with E-state index in [9.17, 15) is 21.9 Å². The number of morpholine rings is 1. The van der Waals surface area contributed by atoms with Crippen LogP contribution in [0, 0.1) is 0 Å². The standard InChI is InChI=1S/C7H15NO8S2/c9-6(5-8-1-3-16-4-2-8)7(17(10,11)12)18(13,14)15/h6-7,9H,1-5H2,(H,10,11,12)(H,13,14,15). The molecule has 0 aliphatic carbocycles. The van der Waals surface area contributed by atoms with E-state index in [2.05, 4.69) is 0 Å². The first-order valence-corrected chi connectivity index (χ1v) is 8.04. The largest absolute Gasteiger partial charge is 0.389 e. The van der Waals surface area contributed by atoms with Crippen molar-refractivity contribution in [2.45, 2.75) is 10.7 Å². The molecule has 1 heterocycles. The molecule has 1 unspecified atom stereocenters. The molecule has 1 aliphatic heterocycles. The second kappa shape index (κ2) is 5.77. The van der Waals surface area contributed by atoms with E-state index < -0.39 is 30.9 Å². The summed E-state index contributed by atoms with van der Waals surface area (Å²) in [4.78, 5) is 1.57. The van der Waals surface area contributed by atoms with Crippen LogP contribution in [-0.4, -0.2) is 79.5 Å². The Morgan fingerprint density at radius 3 is 1.89 bits per heavy atom. The molecule has 3 N–H and O–H groups in total. The van der Waals surface area contributed by atoms with Gasteiger partial charge in [0.15, 0.2) is 0 Å². The van der Waals surface area contributed by atoms with Crippen molar-refractivity contribution in [2.24, 2.45) is 0 Å². The third-order valence-electron chi connectivity index (χ3n) is 2.45. The van der Waals surface area contributed by atoms with Crippen LogP contribution in [-0.2, 0) is 25.0 Å². The Morgan fingerprint density at radius 2 is 1.50 bits per heavy atom. The third-order valence-corrected chi connectivity index (χ3v) is 5.71. The summed E-state index contributed by atoms with van der Waals surface area (Å²) >= 11 is 0. The molecule has 1 aliphatic rings. The lowest BCUT2D eigenvalue weighted by atomic mass is 10.3. The van der Waals surface area contributed by atoms with Crippen molar-refractivity contribution in [3.63, 3.8) is 0 Å². The summed E-state index contributed by atoms with van der Waals surface area (Å²) in [6, 6.07) is 0. The first kappa shape index (κ1) is 15.8. The van der Waals surface area contributed by atoms with Crippen molar-refractivity contribution in [1.29, 1.82) is 0 Å². The SMILES string of the molecule is O=S(=O)(O)C(C(O)CN1CCOCC1)S(=O)(=O)O. The van der Waals surface area contributed by atoms with Gasteiger partial charge < -0.3 is 9.84 Å².